The van der Waals surface area contributed by atoms with Crippen molar-refractivity contribution >= 4 is 11.7 Å². The standard InChI is InChI=1S/C6H8N4O4/c7-3(1-5(11)12)6-4(10(13)14)2-8-9-6/h2-3H,1,7H2,(H,8,9)(H,11,12). The van der Waals surface area contributed by atoms with Gasteiger partial charge in [0.25, 0.3) is 0 Å². The Hall–Kier alpha value is -1.96. The first kappa shape index (κ1) is 10.1. The van der Waals surface area contributed by atoms with Crippen molar-refractivity contribution in [2.24, 2.45) is 5.73 Å². The zero-order chi connectivity index (χ0) is 10.7. The Morgan fingerprint density at radius 2 is 2.50 bits per heavy atom. The molecule has 14 heavy (non-hydrogen) atoms. The van der Waals surface area contributed by atoms with Gasteiger partial charge in [-0.15, -0.1) is 0 Å². The minimum absolute atomic E-state index is 0.0254. The molecule has 1 atom stereocenters. The first-order valence-electron chi connectivity index (χ1n) is 3.67. The fourth-order valence-electron chi connectivity index (χ4n) is 0.998. The number of nitro groups is 1. The topological polar surface area (TPSA) is 135 Å². The molecule has 0 aliphatic heterocycles. The number of aromatic amines is 1. The third-order valence-corrected chi connectivity index (χ3v) is 1.61. The van der Waals surface area contributed by atoms with Crippen LogP contribution in [-0.2, 0) is 4.79 Å². The average molecular weight is 200 g/mol. The normalized spacial score (nSPS) is 12.4. The summed E-state index contributed by atoms with van der Waals surface area (Å²) in [4.78, 5) is 20.1. The second-order valence-electron chi connectivity index (χ2n) is 2.63. The summed E-state index contributed by atoms with van der Waals surface area (Å²) >= 11 is 0. The van der Waals surface area contributed by atoms with Crippen molar-refractivity contribution < 1.29 is 14.8 Å². The molecule has 1 aromatic heterocycles. The molecule has 0 spiro atoms. The van der Waals surface area contributed by atoms with Gasteiger partial charge in [-0.2, -0.15) is 5.10 Å². The summed E-state index contributed by atoms with van der Waals surface area (Å²) in [6.07, 6.45) is 0.611. The molecule has 0 aromatic carbocycles. The van der Waals surface area contributed by atoms with E-state index in [1.54, 1.807) is 0 Å². The highest BCUT2D eigenvalue weighted by Gasteiger charge is 2.23. The van der Waals surface area contributed by atoms with Crippen LogP contribution in [-0.4, -0.2) is 26.2 Å². The molecule has 4 N–H and O–H groups in total. The number of nitrogens with one attached hydrogen (secondary N) is 1. The molecule has 76 valence electrons. The summed E-state index contributed by atoms with van der Waals surface area (Å²) in [5.74, 6) is -1.12. The van der Waals surface area contributed by atoms with E-state index in [4.69, 9.17) is 10.8 Å². The summed E-state index contributed by atoms with van der Waals surface area (Å²) in [7, 11) is 0. The third-order valence-electron chi connectivity index (χ3n) is 1.61. The van der Waals surface area contributed by atoms with E-state index in [1.807, 2.05) is 0 Å². The lowest BCUT2D eigenvalue weighted by Crippen LogP contribution is -2.16. The number of carboxylic acid groups (broad SMARTS) is 1. The SMILES string of the molecule is NC(CC(=O)O)c1[nH]ncc1[N+](=O)[O-]. The zero-order valence-electron chi connectivity index (χ0n) is 7.01. The number of nitrogens with two attached hydrogens (primary N) is 1. The maximum Gasteiger partial charge on any atom is 0.311 e. The van der Waals surface area contributed by atoms with Gasteiger partial charge in [-0.3, -0.25) is 20.0 Å². The van der Waals surface area contributed by atoms with Gasteiger partial charge in [0.2, 0.25) is 0 Å². The molecular weight excluding hydrogens is 192 g/mol. The lowest BCUT2D eigenvalue weighted by atomic mass is 10.1. The molecule has 1 heterocycles. The summed E-state index contributed by atoms with van der Waals surface area (Å²) < 4.78 is 0. The van der Waals surface area contributed by atoms with Gasteiger partial charge in [-0.05, 0) is 0 Å². The Kier molecular flexibility index (Phi) is 2.77. The molecule has 8 heteroatoms. The van der Waals surface area contributed by atoms with E-state index in [0.29, 0.717) is 0 Å². The van der Waals surface area contributed by atoms with E-state index in [1.165, 1.54) is 0 Å². The van der Waals surface area contributed by atoms with Crippen molar-refractivity contribution in [3.05, 3.63) is 22.0 Å². The predicted molar refractivity (Wildman–Crippen MR) is 44.4 cm³/mol. The Morgan fingerprint density at radius 3 is 3.00 bits per heavy atom. The summed E-state index contributed by atoms with van der Waals surface area (Å²) in [5, 5.41) is 24.6. The number of nitrogens with zero attached hydrogens (tertiary/aromatic N) is 2. The molecule has 0 aliphatic rings. The number of aromatic nitrogens is 2. The Bertz CT molecular complexity index is 360. The Balaban J connectivity index is 2.89. The molecular formula is C6H8N4O4. The highest BCUT2D eigenvalue weighted by molar-refractivity contribution is 5.68. The van der Waals surface area contributed by atoms with Crippen LogP contribution < -0.4 is 5.73 Å². The van der Waals surface area contributed by atoms with Gasteiger partial charge in [0.05, 0.1) is 17.4 Å². The molecule has 1 rings (SSSR count). The van der Waals surface area contributed by atoms with E-state index in [0.717, 1.165) is 6.20 Å². The van der Waals surface area contributed by atoms with Gasteiger partial charge in [-0.25, -0.2) is 0 Å². The molecule has 1 aromatic rings. The summed E-state index contributed by atoms with van der Waals surface area (Å²) in [5.41, 5.74) is 5.16. The molecule has 8 nitrogen and oxygen atoms in total. The summed E-state index contributed by atoms with van der Waals surface area (Å²) in [6, 6.07) is -0.949. The first-order chi connectivity index (χ1) is 6.52. The van der Waals surface area contributed by atoms with E-state index in [9.17, 15) is 14.9 Å². The Labute approximate surface area is 77.9 Å². The number of aliphatic carboxylic acids is 1. The minimum atomic E-state index is -1.12. The van der Waals surface area contributed by atoms with Crippen molar-refractivity contribution in [1.29, 1.82) is 0 Å². The van der Waals surface area contributed by atoms with Gasteiger partial charge < -0.3 is 10.8 Å². The monoisotopic (exact) mass is 200 g/mol. The average Bonchev–Trinajstić information content (AvgIpc) is 2.49. The molecule has 0 bridgehead atoms. The molecule has 1 unspecified atom stereocenters. The third kappa shape index (κ3) is 2.04. The van der Waals surface area contributed by atoms with Gasteiger partial charge in [-0.1, -0.05) is 0 Å². The van der Waals surface area contributed by atoms with Crippen LogP contribution in [0, 0.1) is 10.1 Å². The van der Waals surface area contributed by atoms with Gasteiger partial charge in [0.1, 0.15) is 11.9 Å². The van der Waals surface area contributed by atoms with E-state index < -0.39 is 16.9 Å². The lowest BCUT2D eigenvalue weighted by Gasteiger charge is -2.04. The van der Waals surface area contributed by atoms with Crippen LogP contribution in [0.25, 0.3) is 0 Å². The van der Waals surface area contributed by atoms with E-state index in [2.05, 4.69) is 10.2 Å². The quantitative estimate of drug-likeness (QED) is 0.454. The maximum absolute atomic E-state index is 10.4. The number of carbonyl (C=O) groups is 1. The second-order valence-corrected chi connectivity index (χ2v) is 2.63. The van der Waals surface area contributed by atoms with Crippen molar-refractivity contribution in [3.8, 4) is 0 Å². The smallest absolute Gasteiger partial charge is 0.311 e. The lowest BCUT2D eigenvalue weighted by molar-refractivity contribution is -0.385. The highest BCUT2D eigenvalue weighted by Crippen LogP contribution is 2.22. The highest BCUT2D eigenvalue weighted by atomic mass is 16.6. The van der Waals surface area contributed by atoms with Crippen LogP contribution in [0.2, 0.25) is 0 Å². The van der Waals surface area contributed by atoms with E-state index in [-0.39, 0.29) is 17.8 Å². The number of hydrogen-bond acceptors (Lipinski definition) is 5. The largest absolute Gasteiger partial charge is 0.481 e. The number of rotatable bonds is 4. The van der Waals surface area contributed by atoms with Crippen molar-refractivity contribution in [2.45, 2.75) is 12.5 Å². The van der Waals surface area contributed by atoms with Crippen molar-refractivity contribution in [2.75, 3.05) is 0 Å². The van der Waals surface area contributed by atoms with Crippen LogP contribution in [0.15, 0.2) is 6.20 Å². The molecule has 0 saturated heterocycles. The second kappa shape index (κ2) is 3.83. The van der Waals surface area contributed by atoms with Crippen LogP contribution in [0.4, 0.5) is 5.69 Å². The first-order valence-corrected chi connectivity index (χ1v) is 3.67. The van der Waals surface area contributed by atoms with Crippen LogP contribution >= 0.6 is 0 Å². The molecule has 0 fully saturated rings. The van der Waals surface area contributed by atoms with Crippen molar-refractivity contribution in [1.82, 2.24) is 10.2 Å². The van der Waals surface area contributed by atoms with Gasteiger partial charge in [0.15, 0.2) is 0 Å². The predicted octanol–water partition coefficient (Wildman–Crippen LogP) is -0.208. The minimum Gasteiger partial charge on any atom is -0.481 e. The number of carboxylic acids is 1. The number of hydrogen-bond donors (Lipinski definition) is 3. The molecule has 0 radical (unpaired) electrons. The van der Waals surface area contributed by atoms with Gasteiger partial charge >= 0.3 is 11.7 Å². The maximum atomic E-state index is 10.4. The molecule has 0 aliphatic carbocycles. The fourth-order valence-corrected chi connectivity index (χ4v) is 0.998. The molecule has 0 saturated carbocycles. The van der Waals surface area contributed by atoms with Gasteiger partial charge in [0, 0.05) is 0 Å². The van der Waals surface area contributed by atoms with Crippen molar-refractivity contribution in [3.63, 3.8) is 0 Å². The summed E-state index contributed by atoms with van der Waals surface area (Å²) in [6.45, 7) is 0. The number of H-pyrrole nitrogens is 1. The zero-order valence-corrected chi connectivity index (χ0v) is 7.01. The van der Waals surface area contributed by atoms with Crippen LogP contribution in [0.1, 0.15) is 18.2 Å². The Morgan fingerprint density at radius 1 is 1.86 bits per heavy atom. The fraction of sp³-hybridized carbons (Fsp3) is 0.333. The molecule has 0 amide bonds. The van der Waals surface area contributed by atoms with Crippen LogP contribution in [0.5, 0.6) is 0 Å². The van der Waals surface area contributed by atoms with Crippen LogP contribution in [0.3, 0.4) is 0 Å². The van der Waals surface area contributed by atoms with E-state index >= 15 is 0 Å².